The van der Waals surface area contributed by atoms with E-state index in [2.05, 4.69) is 28.6 Å². The van der Waals surface area contributed by atoms with Gasteiger partial charge in [0.15, 0.2) is 0 Å². The van der Waals surface area contributed by atoms with Crippen LogP contribution in [0.3, 0.4) is 0 Å². The Balaban J connectivity index is 1.43. The van der Waals surface area contributed by atoms with E-state index in [9.17, 15) is 14.9 Å². The fraction of sp³-hybridized carbons (Fsp3) is 0.0400. The predicted molar refractivity (Wildman–Crippen MR) is 129 cm³/mol. The van der Waals surface area contributed by atoms with Crippen molar-refractivity contribution in [3.63, 3.8) is 0 Å². The number of carbonyl (C=O) groups is 2. The normalized spacial score (nSPS) is 11.1. The number of nitriles is 1. The van der Waals surface area contributed by atoms with Gasteiger partial charge in [0.2, 0.25) is 0 Å². The number of anilines is 2. The van der Waals surface area contributed by atoms with Gasteiger partial charge in [0, 0.05) is 23.1 Å². The van der Waals surface area contributed by atoms with E-state index in [0.717, 1.165) is 20.8 Å². The molecule has 8 heteroatoms. The van der Waals surface area contributed by atoms with Crippen LogP contribution in [-0.2, 0) is 4.79 Å². The monoisotopic (exact) mass is 454 g/mol. The number of fused-ring (bicyclic) bond motifs is 1. The van der Waals surface area contributed by atoms with Gasteiger partial charge >= 0.3 is 5.97 Å². The molecule has 0 bridgehead atoms. The van der Waals surface area contributed by atoms with Crippen LogP contribution >= 0.6 is 11.3 Å². The molecule has 1 heterocycles. The van der Waals surface area contributed by atoms with Crippen LogP contribution in [-0.4, -0.2) is 22.0 Å². The Hall–Kier alpha value is -4.48. The average molecular weight is 455 g/mol. The van der Waals surface area contributed by atoms with E-state index in [0.29, 0.717) is 11.4 Å². The molecule has 0 unspecified atom stereocenters. The van der Waals surface area contributed by atoms with Gasteiger partial charge < -0.3 is 15.7 Å². The second-order valence-electron chi connectivity index (χ2n) is 7.22. The first-order chi connectivity index (χ1) is 15.9. The summed E-state index contributed by atoms with van der Waals surface area (Å²) in [7, 11) is 0. The highest BCUT2D eigenvalue weighted by Gasteiger charge is 2.11. The molecule has 0 spiro atoms. The third kappa shape index (κ3) is 5.06. The number of hydrogen-bond donors (Lipinski definition) is 3. The zero-order chi connectivity index (χ0) is 23.4. The number of hydrogen-bond acceptors (Lipinski definition) is 6. The molecular weight excluding hydrogens is 436 g/mol. The maximum atomic E-state index is 12.4. The first kappa shape index (κ1) is 21.7. The van der Waals surface area contributed by atoms with Gasteiger partial charge in [-0.25, -0.2) is 9.78 Å². The van der Waals surface area contributed by atoms with Crippen molar-refractivity contribution in [2.75, 3.05) is 10.6 Å². The maximum Gasteiger partial charge on any atom is 0.335 e. The van der Waals surface area contributed by atoms with Crippen LogP contribution in [0, 0.1) is 18.3 Å². The molecule has 7 nitrogen and oxygen atoms in total. The number of aromatic carboxylic acids is 1. The third-order valence-electron chi connectivity index (χ3n) is 4.81. The van der Waals surface area contributed by atoms with Crippen LogP contribution in [0.5, 0.6) is 0 Å². The Labute approximate surface area is 193 Å². The molecule has 4 aromatic rings. The van der Waals surface area contributed by atoms with Gasteiger partial charge in [-0.15, -0.1) is 11.3 Å². The van der Waals surface area contributed by atoms with E-state index in [1.54, 1.807) is 11.3 Å². The molecule has 4 rings (SSSR count). The van der Waals surface area contributed by atoms with Crippen molar-refractivity contribution in [2.45, 2.75) is 6.92 Å². The van der Waals surface area contributed by atoms with Gasteiger partial charge in [-0.1, -0.05) is 6.07 Å². The summed E-state index contributed by atoms with van der Waals surface area (Å²) in [4.78, 5) is 28.0. The van der Waals surface area contributed by atoms with Gasteiger partial charge in [0.25, 0.3) is 5.91 Å². The Morgan fingerprint density at radius 3 is 2.39 bits per heavy atom. The number of benzene rings is 3. The molecule has 0 saturated carbocycles. The minimum Gasteiger partial charge on any atom is -0.478 e. The number of amides is 1. The summed E-state index contributed by atoms with van der Waals surface area (Å²) in [6.07, 6.45) is 1.33. The number of carbonyl (C=O) groups excluding carboxylic acids is 1. The Kier molecular flexibility index (Phi) is 6.15. The zero-order valence-corrected chi connectivity index (χ0v) is 18.3. The fourth-order valence-corrected chi connectivity index (χ4v) is 4.13. The molecule has 0 radical (unpaired) electrons. The van der Waals surface area contributed by atoms with E-state index in [1.165, 1.54) is 36.0 Å². The largest absolute Gasteiger partial charge is 0.478 e. The van der Waals surface area contributed by atoms with Gasteiger partial charge in [0.05, 0.1) is 15.8 Å². The molecule has 0 atom stereocenters. The second-order valence-corrected chi connectivity index (χ2v) is 8.25. The van der Waals surface area contributed by atoms with E-state index in [1.807, 2.05) is 42.5 Å². The van der Waals surface area contributed by atoms with Crippen LogP contribution in [0.4, 0.5) is 11.4 Å². The molecule has 0 aliphatic heterocycles. The van der Waals surface area contributed by atoms with Crippen molar-refractivity contribution < 1.29 is 14.7 Å². The number of nitrogens with one attached hydrogen (secondary N) is 2. The van der Waals surface area contributed by atoms with Crippen molar-refractivity contribution in [3.05, 3.63) is 89.6 Å². The molecule has 3 N–H and O–H groups in total. The second kappa shape index (κ2) is 9.34. The van der Waals surface area contributed by atoms with Gasteiger partial charge in [0.1, 0.15) is 16.6 Å². The number of nitrogens with zero attached hydrogens (tertiary/aromatic N) is 2. The number of rotatable bonds is 6. The highest BCUT2D eigenvalue weighted by molar-refractivity contribution is 7.21. The predicted octanol–water partition coefficient (Wildman–Crippen LogP) is 5.43. The van der Waals surface area contributed by atoms with Crippen molar-refractivity contribution in [3.8, 4) is 16.6 Å². The molecule has 1 aromatic heterocycles. The minimum atomic E-state index is -1.06. The Morgan fingerprint density at radius 2 is 1.73 bits per heavy atom. The summed E-state index contributed by atoms with van der Waals surface area (Å²) < 4.78 is 1.14. The van der Waals surface area contributed by atoms with Crippen molar-refractivity contribution >= 4 is 44.8 Å². The quantitative estimate of drug-likeness (QED) is 0.264. The highest BCUT2D eigenvalue weighted by Crippen LogP contribution is 2.31. The maximum absolute atomic E-state index is 12.4. The van der Waals surface area contributed by atoms with E-state index >= 15 is 0 Å². The first-order valence-electron chi connectivity index (χ1n) is 9.92. The fourth-order valence-electron chi connectivity index (χ4n) is 3.06. The molecular formula is C25H18N4O3S. The summed E-state index contributed by atoms with van der Waals surface area (Å²) in [5.74, 6) is -1.66. The van der Waals surface area contributed by atoms with Crippen LogP contribution in [0.25, 0.3) is 20.8 Å². The zero-order valence-electron chi connectivity index (χ0n) is 17.5. The van der Waals surface area contributed by atoms with Gasteiger partial charge in [-0.3, -0.25) is 4.79 Å². The van der Waals surface area contributed by atoms with Crippen LogP contribution in [0.2, 0.25) is 0 Å². The highest BCUT2D eigenvalue weighted by atomic mass is 32.1. The molecule has 0 fully saturated rings. The summed E-state index contributed by atoms with van der Waals surface area (Å²) in [6.45, 7) is 2.05. The summed E-state index contributed by atoms with van der Waals surface area (Å²) in [5.41, 5.74) is 4.22. The summed E-state index contributed by atoms with van der Waals surface area (Å²) >= 11 is 1.63. The van der Waals surface area contributed by atoms with Crippen LogP contribution in [0.1, 0.15) is 15.9 Å². The van der Waals surface area contributed by atoms with Crippen molar-refractivity contribution in [2.24, 2.45) is 0 Å². The molecule has 1 amide bonds. The molecule has 162 valence electrons. The number of aryl methyl sites for hydroxylation is 1. The van der Waals surface area contributed by atoms with E-state index in [-0.39, 0.29) is 11.1 Å². The number of thiazole rings is 1. The average Bonchev–Trinajstić information content (AvgIpc) is 3.23. The smallest absolute Gasteiger partial charge is 0.335 e. The lowest BCUT2D eigenvalue weighted by atomic mass is 10.2. The molecule has 33 heavy (non-hydrogen) atoms. The number of carboxylic acid groups (broad SMARTS) is 1. The van der Waals surface area contributed by atoms with E-state index < -0.39 is 11.9 Å². The van der Waals surface area contributed by atoms with Gasteiger partial charge in [-0.05, 0) is 73.2 Å². The standard InChI is InChI=1S/C25H18N4O3S/c1-15-2-11-21-22(12-15)33-24(29-21)16-3-7-19(8-4-16)27-14-18(13-26)23(30)28-20-9-5-17(6-10-20)25(31)32/h2-12,14,27H,1H3,(H,28,30)(H,31,32)/b18-14-. The summed E-state index contributed by atoms with van der Waals surface area (Å²) in [6, 6.07) is 21.3. The topological polar surface area (TPSA) is 115 Å². The molecule has 0 aliphatic carbocycles. The first-order valence-corrected chi connectivity index (χ1v) is 10.7. The lowest BCUT2D eigenvalue weighted by Crippen LogP contribution is -2.14. The lowest BCUT2D eigenvalue weighted by molar-refractivity contribution is -0.112. The lowest BCUT2D eigenvalue weighted by Gasteiger charge is -2.06. The van der Waals surface area contributed by atoms with Gasteiger partial charge in [-0.2, -0.15) is 5.26 Å². The minimum absolute atomic E-state index is 0.107. The summed E-state index contributed by atoms with van der Waals surface area (Å²) in [5, 5.41) is 24.7. The van der Waals surface area contributed by atoms with Crippen LogP contribution < -0.4 is 10.6 Å². The molecule has 0 aliphatic rings. The van der Waals surface area contributed by atoms with E-state index in [4.69, 9.17) is 5.11 Å². The van der Waals surface area contributed by atoms with Crippen molar-refractivity contribution in [1.82, 2.24) is 4.98 Å². The third-order valence-corrected chi connectivity index (χ3v) is 5.88. The number of carboxylic acids is 1. The SMILES string of the molecule is Cc1ccc2nc(-c3ccc(N/C=C(/C#N)C(=O)Nc4ccc(C(=O)O)cc4)cc3)sc2c1. The Morgan fingerprint density at radius 1 is 1.03 bits per heavy atom. The number of aromatic nitrogens is 1. The Bertz CT molecular complexity index is 1420. The molecule has 0 saturated heterocycles. The molecule has 3 aromatic carbocycles. The van der Waals surface area contributed by atoms with Crippen LogP contribution in [0.15, 0.2) is 78.5 Å². The van der Waals surface area contributed by atoms with Crippen molar-refractivity contribution in [1.29, 1.82) is 5.26 Å².